The molecule has 0 aliphatic heterocycles. The number of anilines is 1. The predicted molar refractivity (Wildman–Crippen MR) is 127 cm³/mol. The van der Waals surface area contributed by atoms with E-state index in [-0.39, 0.29) is 17.9 Å². The third-order valence-electron chi connectivity index (χ3n) is 5.04. The topological polar surface area (TPSA) is 92.7 Å². The molecule has 162 valence electrons. The largest absolute Gasteiger partial charge is 0.311 e. The van der Waals surface area contributed by atoms with E-state index in [4.69, 9.17) is 5.10 Å². The average Bonchev–Trinajstić information content (AvgIpc) is 3.23. The highest BCUT2D eigenvalue weighted by Crippen LogP contribution is 2.25. The van der Waals surface area contributed by atoms with E-state index in [1.165, 1.54) is 11.8 Å². The Labute approximate surface area is 189 Å². The second kappa shape index (κ2) is 9.65. The second-order valence-electron chi connectivity index (χ2n) is 7.22. The van der Waals surface area contributed by atoms with Gasteiger partial charge in [-0.15, -0.1) is 0 Å². The summed E-state index contributed by atoms with van der Waals surface area (Å²) in [7, 11) is 0. The molecule has 0 aliphatic carbocycles. The van der Waals surface area contributed by atoms with Gasteiger partial charge in [-0.25, -0.2) is 9.67 Å². The first-order chi connectivity index (χ1) is 15.5. The van der Waals surface area contributed by atoms with Crippen molar-refractivity contribution in [2.45, 2.75) is 24.9 Å². The molecule has 0 aliphatic rings. The van der Waals surface area contributed by atoms with Gasteiger partial charge in [0.1, 0.15) is 5.82 Å². The maximum atomic E-state index is 12.8. The number of carbonyl (C=O) groups is 1. The maximum Gasteiger partial charge on any atom is 0.254 e. The quantitative estimate of drug-likeness (QED) is 0.328. The third-order valence-corrected chi connectivity index (χ3v) is 5.62. The SMILES string of the molecule is CSc1nc(C)c(CCC(=O)Nc2cc(-c3ccccc3)nn2-c2ccccc2)c(=O)[nH]1. The van der Waals surface area contributed by atoms with Crippen molar-refractivity contribution in [1.82, 2.24) is 19.7 Å². The summed E-state index contributed by atoms with van der Waals surface area (Å²) in [5.41, 5.74) is 3.53. The monoisotopic (exact) mass is 445 g/mol. The molecule has 2 N–H and O–H groups in total. The first-order valence-corrected chi connectivity index (χ1v) is 11.4. The molecule has 4 aromatic rings. The number of benzene rings is 2. The molecular formula is C24H23N5O2S. The van der Waals surface area contributed by atoms with Gasteiger partial charge >= 0.3 is 0 Å². The van der Waals surface area contributed by atoms with Crippen molar-refractivity contribution in [2.75, 3.05) is 11.6 Å². The van der Waals surface area contributed by atoms with Crippen LogP contribution in [0.25, 0.3) is 16.9 Å². The number of thioether (sulfide) groups is 1. The minimum absolute atomic E-state index is 0.158. The molecule has 0 fully saturated rings. The van der Waals surface area contributed by atoms with E-state index in [1.54, 1.807) is 11.6 Å². The lowest BCUT2D eigenvalue weighted by atomic mass is 10.1. The van der Waals surface area contributed by atoms with Gasteiger partial charge in [0.05, 0.1) is 11.4 Å². The van der Waals surface area contributed by atoms with Gasteiger partial charge in [-0.1, -0.05) is 60.3 Å². The fourth-order valence-electron chi connectivity index (χ4n) is 3.41. The number of amides is 1. The number of rotatable bonds is 7. The highest BCUT2D eigenvalue weighted by molar-refractivity contribution is 7.98. The van der Waals surface area contributed by atoms with Crippen molar-refractivity contribution in [3.8, 4) is 16.9 Å². The summed E-state index contributed by atoms with van der Waals surface area (Å²) in [5.74, 6) is 0.371. The summed E-state index contributed by atoms with van der Waals surface area (Å²) in [6, 6.07) is 21.3. The molecule has 4 rings (SSSR count). The Morgan fingerprint density at radius 1 is 1.09 bits per heavy atom. The van der Waals surface area contributed by atoms with Gasteiger partial charge < -0.3 is 10.3 Å². The molecule has 0 spiro atoms. The second-order valence-corrected chi connectivity index (χ2v) is 8.01. The molecule has 0 unspecified atom stereocenters. The lowest BCUT2D eigenvalue weighted by Gasteiger charge is -2.09. The zero-order valence-electron chi connectivity index (χ0n) is 17.8. The highest BCUT2D eigenvalue weighted by Gasteiger charge is 2.15. The Morgan fingerprint density at radius 2 is 1.78 bits per heavy atom. The van der Waals surface area contributed by atoms with Gasteiger partial charge in [0, 0.05) is 29.3 Å². The molecule has 2 aromatic carbocycles. The van der Waals surface area contributed by atoms with Crippen LogP contribution < -0.4 is 10.9 Å². The molecule has 0 saturated heterocycles. The predicted octanol–water partition coefficient (Wildman–Crippen LogP) is 4.22. The van der Waals surface area contributed by atoms with Crippen LogP contribution in [0.1, 0.15) is 17.7 Å². The van der Waals surface area contributed by atoms with E-state index >= 15 is 0 Å². The number of H-pyrrole nitrogens is 1. The summed E-state index contributed by atoms with van der Waals surface area (Å²) in [5, 5.41) is 8.23. The molecule has 8 heteroatoms. The number of nitrogens with zero attached hydrogens (tertiary/aromatic N) is 3. The zero-order valence-corrected chi connectivity index (χ0v) is 18.6. The smallest absolute Gasteiger partial charge is 0.254 e. The van der Waals surface area contributed by atoms with Gasteiger partial charge in [-0.3, -0.25) is 9.59 Å². The Hall–Kier alpha value is -3.65. The van der Waals surface area contributed by atoms with Crippen molar-refractivity contribution in [3.05, 3.63) is 88.3 Å². The van der Waals surface area contributed by atoms with Gasteiger partial charge in [-0.05, 0) is 31.7 Å². The van der Waals surface area contributed by atoms with Crippen LogP contribution >= 0.6 is 11.8 Å². The van der Waals surface area contributed by atoms with Crippen molar-refractivity contribution in [3.63, 3.8) is 0 Å². The highest BCUT2D eigenvalue weighted by atomic mass is 32.2. The van der Waals surface area contributed by atoms with E-state index in [1.807, 2.05) is 73.0 Å². The van der Waals surface area contributed by atoms with Crippen LogP contribution in [-0.4, -0.2) is 31.9 Å². The van der Waals surface area contributed by atoms with Crippen LogP contribution in [0, 0.1) is 6.92 Å². The molecule has 7 nitrogen and oxygen atoms in total. The summed E-state index contributed by atoms with van der Waals surface area (Å²) in [6.45, 7) is 1.79. The molecule has 0 bridgehead atoms. The Bertz CT molecular complexity index is 1280. The summed E-state index contributed by atoms with van der Waals surface area (Å²) >= 11 is 1.38. The molecule has 1 amide bonds. The summed E-state index contributed by atoms with van der Waals surface area (Å²) in [6.07, 6.45) is 2.31. The lowest BCUT2D eigenvalue weighted by molar-refractivity contribution is -0.116. The number of hydrogen-bond acceptors (Lipinski definition) is 5. The summed E-state index contributed by atoms with van der Waals surface area (Å²) < 4.78 is 1.72. The number of aromatic amines is 1. The normalized spacial score (nSPS) is 10.8. The van der Waals surface area contributed by atoms with Gasteiger partial charge in [0.15, 0.2) is 5.16 Å². The van der Waals surface area contributed by atoms with E-state index < -0.39 is 0 Å². The average molecular weight is 446 g/mol. The van der Waals surface area contributed by atoms with E-state index in [2.05, 4.69) is 15.3 Å². The van der Waals surface area contributed by atoms with Crippen LogP contribution in [0.2, 0.25) is 0 Å². The van der Waals surface area contributed by atoms with Crippen molar-refractivity contribution < 1.29 is 4.79 Å². The van der Waals surface area contributed by atoms with Crippen LogP contribution in [0.5, 0.6) is 0 Å². The lowest BCUT2D eigenvalue weighted by Crippen LogP contribution is -2.21. The molecule has 0 radical (unpaired) electrons. The van der Waals surface area contributed by atoms with E-state index in [9.17, 15) is 9.59 Å². The third kappa shape index (κ3) is 4.81. The fourth-order valence-corrected chi connectivity index (χ4v) is 3.83. The van der Waals surface area contributed by atoms with Crippen molar-refractivity contribution in [2.24, 2.45) is 0 Å². The first-order valence-electron chi connectivity index (χ1n) is 10.2. The molecule has 32 heavy (non-hydrogen) atoms. The standard InChI is InChI=1S/C24H23N5O2S/c1-16-19(23(31)27-24(25-16)32-2)13-14-22(30)26-21-15-20(17-9-5-3-6-10-17)28-29(21)18-11-7-4-8-12-18/h3-12,15H,13-14H2,1-2H3,(H,26,30)(H,25,27,31). The number of aromatic nitrogens is 4. The van der Waals surface area contributed by atoms with Crippen LogP contribution in [0.4, 0.5) is 5.82 Å². The molecule has 0 atom stereocenters. The van der Waals surface area contributed by atoms with Crippen molar-refractivity contribution >= 4 is 23.5 Å². The van der Waals surface area contributed by atoms with Crippen molar-refractivity contribution in [1.29, 1.82) is 0 Å². The molecule has 0 saturated carbocycles. The fraction of sp³-hybridized carbons (Fsp3) is 0.167. The van der Waals surface area contributed by atoms with Gasteiger partial charge in [-0.2, -0.15) is 5.10 Å². The number of carbonyl (C=O) groups excluding carboxylic acids is 1. The Kier molecular flexibility index (Phi) is 6.51. The maximum absolute atomic E-state index is 12.8. The Balaban J connectivity index is 1.56. The summed E-state index contributed by atoms with van der Waals surface area (Å²) in [4.78, 5) is 32.2. The number of para-hydroxylation sites is 1. The number of nitrogens with one attached hydrogen (secondary N) is 2. The van der Waals surface area contributed by atoms with Crippen LogP contribution in [0.3, 0.4) is 0 Å². The molecule has 2 aromatic heterocycles. The molecule has 2 heterocycles. The minimum Gasteiger partial charge on any atom is -0.311 e. The number of hydrogen-bond donors (Lipinski definition) is 2. The minimum atomic E-state index is -0.200. The van der Waals surface area contributed by atoms with Crippen LogP contribution in [-0.2, 0) is 11.2 Å². The van der Waals surface area contributed by atoms with Gasteiger partial charge in [0.2, 0.25) is 5.91 Å². The zero-order chi connectivity index (χ0) is 22.5. The van der Waals surface area contributed by atoms with E-state index in [0.717, 1.165) is 16.9 Å². The number of aryl methyl sites for hydroxylation is 1. The molecular weight excluding hydrogens is 422 g/mol. The Morgan fingerprint density at radius 3 is 2.44 bits per heavy atom. The van der Waals surface area contributed by atoms with Gasteiger partial charge in [0.25, 0.3) is 5.56 Å². The first kappa shape index (κ1) is 21.6. The van der Waals surface area contributed by atoms with Crippen LogP contribution in [0.15, 0.2) is 76.7 Å². The van der Waals surface area contributed by atoms with E-state index in [0.29, 0.717) is 28.7 Å².